The minimum Gasteiger partial charge on any atom is -0.465 e. The molecule has 0 saturated heterocycles. The number of rotatable bonds is 3. The van der Waals surface area contributed by atoms with Gasteiger partial charge in [-0.2, -0.15) is 0 Å². The number of benzene rings is 1. The lowest BCUT2D eigenvalue weighted by Gasteiger charge is -2.23. The predicted octanol–water partition coefficient (Wildman–Crippen LogP) is 2.56. The van der Waals surface area contributed by atoms with Gasteiger partial charge in [0.15, 0.2) is 6.10 Å². The van der Waals surface area contributed by atoms with Crippen molar-refractivity contribution >= 4 is 34.2 Å². The fourth-order valence-corrected chi connectivity index (χ4v) is 3.44. The smallest absolute Gasteiger partial charge is 0.340 e. The lowest BCUT2D eigenvalue weighted by Crippen LogP contribution is -2.38. The molecule has 1 aromatic carbocycles. The molecule has 1 aliphatic rings. The second-order valence-electron chi connectivity index (χ2n) is 5.34. The standard InChI is InChI=1S/C17H15NO5S/c1-9-7-12(16(20)22-2)15(24-9)18-14(19)13-8-10-5-3-4-6-11(10)17(21)23-13/h3-7,13H,8H2,1-2H3,(H,18,19)/t13-/m1/s1. The second-order valence-corrected chi connectivity index (χ2v) is 6.59. The number of nitrogens with one attached hydrogen (secondary N) is 1. The van der Waals surface area contributed by atoms with Crippen LogP contribution in [0.3, 0.4) is 0 Å². The summed E-state index contributed by atoms with van der Waals surface area (Å²) in [6.07, 6.45) is -0.633. The molecule has 0 radical (unpaired) electrons. The summed E-state index contributed by atoms with van der Waals surface area (Å²) in [7, 11) is 1.28. The van der Waals surface area contributed by atoms with Crippen molar-refractivity contribution in [1.82, 2.24) is 0 Å². The first-order chi connectivity index (χ1) is 11.5. The summed E-state index contributed by atoms with van der Waals surface area (Å²) in [5, 5.41) is 3.06. The van der Waals surface area contributed by atoms with Gasteiger partial charge in [0.25, 0.3) is 5.91 Å². The summed E-state index contributed by atoms with van der Waals surface area (Å²) in [6, 6.07) is 8.67. The number of carbonyl (C=O) groups is 3. The lowest BCUT2D eigenvalue weighted by atomic mass is 9.98. The van der Waals surface area contributed by atoms with E-state index in [1.807, 2.05) is 13.0 Å². The van der Waals surface area contributed by atoms with Crippen LogP contribution in [0, 0.1) is 6.92 Å². The number of aryl methyl sites for hydroxylation is 1. The van der Waals surface area contributed by atoms with Gasteiger partial charge >= 0.3 is 11.9 Å². The van der Waals surface area contributed by atoms with Crippen LogP contribution in [0.15, 0.2) is 30.3 Å². The third kappa shape index (κ3) is 3.03. The van der Waals surface area contributed by atoms with E-state index in [-0.39, 0.29) is 5.56 Å². The highest BCUT2D eigenvalue weighted by atomic mass is 32.1. The number of esters is 2. The molecule has 0 saturated carbocycles. The minimum absolute atomic E-state index is 0.288. The van der Waals surface area contributed by atoms with Crippen LogP contribution in [0.5, 0.6) is 0 Å². The number of methoxy groups -OCH3 is 1. The summed E-state index contributed by atoms with van der Waals surface area (Å²) >= 11 is 1.26. The van der Waals surface area contributed by atoms with E-state index < -0.39 is 23.9 Å². The van der Waals surface area contributed by atoms with E-state index in [0.29, 0.717) is 17.0 Å². The maximum Gasteiger partial charge on any atom is 0.340 e. The van der Waals surface area contributed by atoms with E-state index in [2.05, 4.69) is 5.32 Å². The van der Waals surface area contributed by atoms with Crippen LogP contribution < -0.4 is 5.32 Å². The van der Waals surface area contributed by atoms with Crippen molar-refractivity contribution < 1.29 is 23.9 Å². The number of hydrogen-bond acceptors (Lipinski definition) is 6. The zero-order valence-corrected chi connectivity index (χ0v) is 13.9. The predicted molar refractivity (Wildman–Crippen MR) is 88.4 cm³/mol. The lowest BCUT2D eigenvalue weighted by molar-refractivity contribution is -0.125. The molecule has 24 heavy (non-hydrogen) atoms. The monoisotopic (exact) mass is 345 g/mol. The van der Waals surface area contributed by atoms with E-state index in [4.69, 9.17) is 9.47 Å². The number of hydrogen-bond donors (Lipinski definition) is 1. The first kappa shape index (κ1) is 16.2. The Balaban J connectivity index is 1.80. The fraction of sp³-hybridized carbons (Fsp3) is 0.235. The van der Waals surface area contributed by atoms with E-state index in [9.17, 15) is 14.4 Å². The molecule has 0 fully saturated rings. The van der Waals surface area contributed by atoms with Gasteiger partial charge in [-0.05, 0) is 24.6 Å². The van der Waals surface area contributed by atoms with Gasteiger partial charge in [0.1, 0.15) is 5.00 Å². The molecule has 2 heterocycles. The van der Waals surface area contributed by atoms with Crippen LogP contribution in [-0.4, -0.2) is 31.1 Å². The topological polar surface area (TPSA) is 81.7 Å². The van der Waals surface area contributed by atoms with Crippen molar-refractivity contribution in [2.24, 2.45) is 0 Å². The van der Waals surface area contributed by atoms with Gasteiger partial charge in [-0.1, -0.05) is 18.2 Å². The summed E-state index contributed by atoms with van der Waals surface area (Å²) in [5.41, 5.74) is 1.53. The maximum absolute atomic E-state index is 12.5. The highest BCUT2D eigenvalue weighted by molar-refractivity contribution is 7.16. The van der Waals surface area contributed by atoms with E-state index >= 15 is 0 Å². The van der Waals surface area contributed by atoms with Crippen LogP contribution in [0.1, 0.15) is 31.2 Å². The Labute approximate surface area is 142 Å². The quantitative estimate of drug-likeness (QED) is 0.865. The largest absolute Gasteiger partial charge is 0.465 e. The van der Waals surface area contributed by atoms with Gasteiger partial charge in [-0.15, -0.1) is 11.3 Å². The average Bonchev–Trinajstić information content (AvgIpc) is 2.94. The Bertz CT molecular complexity index is 826. The number of cyclic esters (lactones) is 1. The molecular weight excluding hydrogens is 330 g/mol. The SMILES string of the molecule is COC(=O)c1cc(C)sc1NC(=O)[C@H]1Cc2ccccc2C(=O)O1. The van der Waals surface area contributed by atoms with Crippen molar-refractivity contribution in [2.45, 2.75) is 19.4 Å². The third-order valence-electron chi connectivity index (χ3n) is 3.68. The summed E-state index contributed by atoms with van der Waals surface area (Å²) < 4.78 is 9.93. The first-order valence-electron chi connectivity index (χ1n) is 7.28. The molecule has 0 unspecified atom stereocenters. The molecule has 0 aliphatic carbocycles. The van der Waals surface area contributed by atoms with Crippen molar-refractivity contribution in [3.63, 3.8) is 0 Å². The maximum atomic E-state index is 12.5. The molecule has 0 spiro atoms. The van der Waals surface area contributed by atoms with Crippen LogP contribution in [-0.2, 0) is 20.7 Å². The average molecular weight is 345 g/mol. The molecule has 7 heteroatoms. The zero-order chi connectivity index (χ0) is 17.3. The normalized spacial score (nSPS) is 16.1. The van der Waals surface area contributed by atoms with E-state index in [1.54, 1.807) is 24.3 Å². The Morgan fingerprint density at radius 3 is 2.83 bits per heavy atom. The number of carbonyl (C=O) groups excluding carboxylic acids is 3. The summed E-state index contributed by atoms with van der Waals surface area (Å²) in [5.74, 6) is -1.52. The van der Waals surface area contributed by atoms with Gasteiger partial charge in [0, 0.05) is 11.3 Å². The minimum atomic E-state index is -0.930. The molecule has 1 aromatic heterocycles. The molecule has 1 N–H and O–H groups in total. The van der Waals surface area contributed by atoms with E-state index in [1.165, 1.54) is 18.4 Å². The molecular formula is C17H15NO5S. The van der Waals surface area contributed by atoms with Gasteiger partial charge in [-0.25, -0.2) is 9.59 Å². The van der Waals surface area contributed by atoms with Gasteiger partial charge in [0.2, 0.25) is 0 Å². The molecule has 6 nitrogen and oxygen atoms in total. The first-order valence-corrected chi connectivity index (χ1v) is 8.09. The third-order valence-corrected chi connectivity index (χ3v) is 4.65. The van der Waals surface area contributed by atoms with E-state index in [0.717, 1.165) is 10.4 Å². The zero-order valence-electron chi connectivity index (χ0n) is 13.1. The van der Waals surface area contributed by atoms with Crippen LogP contribution in [0.25, 0.3) is 0 Å². The Hall–Kier alpha value is -2.67. The summed E-state index contributed by atoms with van der Waals surface area (Å²) in [6.45, 7) is 1.82. The van der Waals surface area contributed by atoms with Crippen LogP contribution in [0.2, 0.25) is 0 Å². The molecule has 3 rings (SSSR count). The molecule has 2 aromatic rings. The molecule has 1 amide bonds. The molecule has 0 bridgehead atoms. The molecule has 1 aliphatic heterocycles. The van der Waals surface area contributed by atoms with Crippen molar-refractivity contribution in [3.05, 3.63) is 51.9 Å². The Morgan fingerprint density at radius 2 is 2.08 bits per heavy atom. The van der Waals surface area contributed by atoms with Crippen LogP contribution >= 0.6 is 11.3 Å². The van der Waals surface area contributed by atoms with Crippen molar-refractivity contribution in [2.75, 3.05) is 12.4 Å². The molecule has 1 atom stereocenters. The number of amides is 1. The Morgan fingerprint density at radius 1 is 1.33 bits per heavy atom. The van der Waals surface area contributed by atoms with Crippen molar-refractivity contribution in [1.29, 1.82) is 0 Å². The fourth-order valence-electron chi connectivity index (χ4n) is 2.54. The highest BCUT2D eigenvalue weighted by Crippen LogP contribution is 2.29. The van der Waals surface area contributed by atoms with Gasteiger partial charge < -0.3 is 14.8 Å². The number of anilines is 1. The number of ether oxygens (including phenoxy) is 2. The number of thiophene rings is 1. The van der Waals surface area contributed by atoms with Gasteiger partial charge in [0.05, 0.1) is 18.2 Å². The number of fused-ring (bicyclic) bond motifs is 1. The second kappa shape index (κ2) is 6.45. The van der Waals surface area contributed by atoms with Crippen molar-refractivity contribution in [3.8, 4) is 0 Å². The van der Waals surface area contributed by atoms with Crippen LogP contribution in [0.4, 0.5) is 5.00 Å². The van der Waals surface area contributed by atoms with Gasteiger partial charge in [-0.3, -0.25) is 4.79 Å². The summed E-state index contributed by atoms with van der Waals surface area (Å²) in [4.78, 5) is 37.1. The highest BCUT2D eigenvalue weighted by Gasteiger charge is 2.32. The molecule has 124 valence electrons. The Kier molecular flexibility index (Phi) is 4.35.